The molecular formula is C22H21N5O6. The highest BCUT2D eigenvalue weighted by molar-refractivity contribution is 6.05. The Morgan fingerprint density at radius 1 is 1.30 bits per heavy atom. The molecule has 0 unspecified atom stereocenters. The van der Waals surface area contributed by atoms with E-state index in [4.69, 9.17) is 9.47 Å². The van der Waals surface area contributed by atoms with Gasteiger partial charge in [0.1, 0.15) is 30.1 Å². The molecule has 3 aromatic rings. The van der Waals surface area contributed by atoms with E-state index in [1.807, 2.05) is 6.07 Å². The van der Waals surface area contributed by atoms with E-state index in [-0.39, 0.29) is 17.9 Å². The lowest BCUT2D eigenvalue weighted by Crippen LogP contribution is -2.43. The van der Waals surface area contributed by atoms with Gasteiger partial charge in [-0.2, -0.15) is 10.4 Å². The summed E-state index contributed by atoms with van der Waals surface area (Å²) in [6.07, 6.45) is -2.76. The number of nitrogens with one attached hydrogen (secondary N) is 1. The number of carbonyl (C=O) groups excluding carboxylic acids is 2. The Hall–Kier alpha value is -3.85. The zero-order valence-corrected chi connectivity index (χ0v) is 17.6. The number of esters is 1. The van der Waals surface area contributed by atoms with Gasteiger partial charge in [-0.05, 0) is 24.3 Å². The first-order chi connectivity index (χ1) is 15.9. The van der Waals surface area contributed by atoms with Crippen molar-refractivity contribution in [2.24, 2.45) is 0 Å². The molecule has 2 aromatic heterocycles. The predicted octanol–water partition coefficient (Wildman–Crippen LogP) is 0.774. The molecule has 3 heterocycles. The lowest BCUT2D eigenvalue weighted by atomic mass is 9.92. The molecule has 0 bridgehead atoms. The highest BCUT2D eigenvalue weighted by atomic mass is 16.6. The zero-order valence-electron chi connectivity index (χ0n) is 17.6. The highest BCUT2D eigenvalue weighted by Gasteiger charge is 2.59. The van der Waals surface area contributed by atoms with Gasteiger partial charge in [-0.15, -0.1) is 0 Å². The first-order valence-corrected chi connectivity index (χ1v) is 10.2. The summed E-state index contributed by atoms with van der Waals surface area (Å²) in [6, 6.07) is 13.6. The van der Waals surface area contributed by atoms with Gasteiger partial charge in [-0.25, -0.2) is 9.50 Å². The van der Waals surface area contributed by atoms with E-state index in [1.54, 1.807) is 43.3 Å². The third-order valence-corrected chi connectivity index (χ3v) is 5.43. The van der Waals surface area contributed by atoms with E-state index in [2.05, 4.69) is 15.4 Å². The first-order valence-electron chi connectivity index (χ1n) is 10.2. The molecule has 1 fully saturated rings. The van der Waals surface area contributed by atoms with Gasteiger partial charge in [0, 0.05) is 12.0 Å². The van der Waals surface area contributed by atoms with Crippen LogP contribution in [0.15, 0.2) is 48.8 Å². The summed E-state index contributed by atoms with van der Waals surface area (Å²) in [4.78, 5) is 28.5. The average Bonchev–Trinajstić information content (AvgIpc) is 3.40. The molecular weight excluding hydrogens is 430 g/mol. The second-order valence-corrected chi connectivity index (χ2v) is 7.38. The molecule has 0 aliphatic carbocycles. The minimum absolute atomic E-state index is 0.0483. The summed E-state index contributed by atoms with van der Waals surface area (Å²) < 4.78 is 12.3. The van der Waals surface area contributed by atoms with E-state index in [0.717, 1.165) is 0 Å². The smallest absolute Gasteiger partial charge is 0.305 e. The number of benzene rings is 1. The maximum atomic E-state index is 12.6. The molecule has 4 atom stereocenters. The molecule has 1 aliphatic rings. The van der Waals surface area contributed by atoms with Crippen molar-refractivity contribution in [1.29, 1.82) is 5.26 Å². The average molecular weight is 451 g/mol. The Morgan fingerprint density at radius 3 is 2.73 bits per heavy atom. The third kappa shape index (κ3) is 3.80. The third-order valence-electron chi connectivity index (χ3n) is 5.43. The van der Waals surface area contributed by atoms with Crippen LogP contribution in [0.5, 0.6) is 0 Å². The van der Waals surface area contributed by atoms with E-state index in [1.165, 1.54) is 16.9 Å². The summed E-state index contributed by atoms with van der Waals surface area (Å²) >= 11 is 0. The van der Waals surface area contributed by atoms with Crippen molar-refractivity contribution < 1.29 is 29.3 Å². The van der Waals surface area contributed by atoms with Crippen LogP contribution in [0.2, 0.25) is 0 Å². The van der Waals surface area contributed by atoms with Crippen LogP contribution in [-0.4, -0.2) is 61.6 Å². The number of carbonyl (C=O) groups is 2. The van der Waals surface area contributed by atoms with Crippen molar-refractivity contribution >= 4 is 23.2 Å². The van der Waals surface area contributed by atoms with Crippen molar-refractivity contribution in [2.45, 2.75) is 37.3 Å². The molecule has 1 aromatic carbocycles. The monoisotopic (exact) mass is 451 g/mol. The Morgan fingerprint density at radius 2 is 2.06 bits per heavy atom. The highest BCUT2D eigenvalue weighted by Crippen LogP contribution is 2.41. The number of amides is 1. The molecule has 0 radical (unpaired) electrons. The molecule has 11 heteroatoms. The van der Waals surface area contributed by atoms with Gasteiger partial charge in [-0.1, -0.05) is 25.1 Å². The number of aromatic nitrogens is 3. The molecule has 0 saturated carbocycles. The summed E-state index contributed by atoms with van der Waals surface area (Å²) in [7, 11) is 0. The van der Waals surface area contributed by atoms with Crippen molar-refractivity contribution in [2.75, 3.05) is 11.9 Å². The molecule has 4 rings (SSSR count). The lowest BCUT2D eigenvalue weighted by Gasteiger charge is -2.24. The van der Waals surface area contributed by atoms with E-state index >= 15 is 0 Å². The van der Waals surface area contributed by atoms with Crippen LogP contribution in [0.4, 0.5) is 5.82 Å². The number of rotatable bonds is 6. The van der Waals surface area contributed by atoms with E-state index < -0.39 is 42.4 Å². The normalized spacial score (nSPS) is 24.4. The molecule has 1 aliphatic heterocycles. The van der Waals surface area contributed by atoms with Crippen LogP contribution < -0.4 is 5.32 Å². The summed E-state index contributed by atoms with van der Waals surface area (Å²) in [5, 5.41) is 37.6. The van der Waals surface area contributed by atoms with Gasteiger partial charge in [-0.3, -0.25) is 9.59 Å². The lowest BCUT2D eigenvalue weighted by molar-refractivity contribution is -0.156. The maximum Gasteiger partial charge on any atom is 0.305 e. The van der Waals surface area contributed by atoms with E-state index in [9.17, 15) is 25.1 Å². The second-order valence-electron chi connectivity index (χ2n) is 7.38. The SMILES string of the molecule is CCC(=O)O[C@H]1[C@@H](O)[C@](C#N)(c2ccc3c(NC(=O)c4ccccc4)ncnn23)O[C@@H]1CO. The van der Waals surface area contributed by atoms with Crippen LogP contribution in [0.25, 0.3) is 5.52 Å². The van der Waals surface area contributed by atoms with Crippen molar-refractivity contribution in [3.05, 3.63) is 60.0 Å². The molecule has 1 amide bonds. The Kier molecular flexibility index (Phi) is 6.06. The number of fused-ring (bicyclic) bond motifs is 1. The van der Waals surface area contributed by atoms with Crippen molar-refractivity contribution in [3.63, 3.8) is 0 Å². The zero-order chi connectivity index (χ0) is 23.6. The molecule has 170 valence electrons. The number of nitriles is 1. The number of aliphatic hydroxyl groups excluding tert-OH is 2. The van der Waals surface area contributed by atoms with Crippen LogP contribution in [0.3, 0.4) is 0 Å². The number of nitrogens with zero attached hydrogens (tertiary/aromatic N) is 4. The van der Waals surface area contributed by atoms with Crippen LogP contribution >= 0.6 is 0 Å². The molecule has 3 N–H and O–H groups in total. The van der Waals surface area contributed by atoms with Gasteiger partial charge in [0.15, 0.2) is 11.9 Å². The van der Waals surface area contributed by atoms with Crippen LogP contribution in [-0.2, 0) is 19.9 Å². The molecule has 33 heavy (non-hydrogen) atoms. The fraction of sp³-hybridized carbons (Fsp3) is 0.318. The van der Waals surface area contributed by atoms with Gasteiger partial charge in [0.25, 0.3) is 5.91 Å². The van der Waals surface area contributed by atoms with Crippen molar-refractivity contribution in [3.8, 4) is 6.07 Å². The standard InChI is InChI=1S/C22H21N5O6/c1-2-17(29)32-18-15(10-28)33-22(11-23,19(18)30)16-9-8-14-20(24-12-25-27(14)16)26-21(31)13-6-4-3-5-7-13/h3-9,12,15,18-19,28,30H,2,10H2,1H3,(H,24,25,26,31)/t15-,18-,19-,22+/m1/s1. The largest absolute Gasteiger partial charge is 0.457 e. The first kappa shape index (κ1) is 22.3. The van der Waals surface area contributed by atoms with Crippen LogP contribution in [0, 0.1) is 11.3 Å². The Balaban J connectivity index is 1.72. The fourth-order valence-electron chi connectivity index (χ4n) is 3.77. The quantitative estimate of drug-likeness (QED) is 0.460. The topological polar surface area (TPSA) is 159 Å². The predicted molar refractivity (Wildman–Crippen MR) is 113 cm³/mol. The molecule has 11 nitrogen and oxygen atoms in total. The van der Waals surface area contributed by atoms with Crippen molar-refractivity contribution in [1.82, 2.24) is 14.6 Å². The van der Waals surface area contributed by atoms with Crippen LogP contribution in [0.1, 0.15) is 29.4 Å². The summed E-state index contributed by atoms with van der Waals surface area (Å²) in [6.45, 7) is 0.998. The van der Waals surface area contributed by atoms with Gasteiger partial charge in [0.05, 0.1) is 12.3 Å². The number of hydrogen-bond donors (Lipinski definition) is 3. The summed E-state index contributed by atoms with van der Waals surface area (Å²) in [5.74, 6) is -0.820. The minimum Gasteiger partial charge on any atom is -0.457 e. The number of aliphatic hydroxyl groups is 2. The van der Waals surface area contributed by atoms with Gasteiger partial charge < -0.3 is 25.0 Å². The molecule has 1 saturated heterocycles. The fourth-order valence-corrected chi connectivity index (χ4v) is 3.77. The van der Waals surface area contributed by atoms with E-state index in [0.29, 0.717) is 11.1 Å². The molecule has 0 spiro atoms. The number of anilines is 1. The Bertz CT molecular complexity index is 1220. The Labute approximate surface area is 188 Å². The second kappa shape index (κ2) is 8.95. The van der Waals surface area contributed by atoms with Gasteiger partial charge >= 0.3 is 5.97 Å². The number of ether oxygens (including phenoxy) is 2. The van der Waals surface area contributed by atoms with Gasteiger partial charge in [0.2, 0.25) is 5.60 Å². The minimum atomic E-state index is -1.99. The summed E-state index contributed by atoms with van der Waals surface area (Å²) in [5.41, 5.74) is -1.10. The maximum absolute atomic E-state index is 12.6. The number of hydrogen-bond acceptors (Lipinski definition) is 9.